The molecule has 1 heterocycles. The second kappa shape index (κ2) is 7.36. The molecule has 1 atom stereocenters. The van der Waals surface area contributed by atoms with Gasteiger partial charge < -0.3 is 21.1 Å². The lowest BCUT2D eigenvalue weighted by Gasteiger charge is -2.11. The van der Waals surface area contributed by atoms with Crippen LogP contribution in [0.15, 0.2) is 24.5 Å². The van der Waals surface area contributed by atoms with Crippen LogP contribution in [0, 0.1) is 0 Å². The molecule has 1 aromatic heterocycles. The summed E-state index contributed by atoms with van der Waals surface area (Å²) < 4.78 is 4.73. The minimum atomic E-state index is -0.777. The second-order valence-electron chi connectivity index (χ2n) is 3.57. The van der Waals surface area contributed by atoms with E-state index in [-0.39, 0.29) is 19.1 Å². The Morgan fingerprint density at radius 2 is 2.33 bits per heavy atom. The van der Waals surface area contributed by atoms with E-state index < -0.39 is 11.9 Å². The fourth-order valence-corrected chi connectivity index (χ4v) is 1.20. The highest BCUT2D eigenvalue weighted by atomic mass is 16.5. The number of nitrogens with zero attached hydrogens (tertiary/aromatic N) is 1. The minimum absolute atomic E-state index is 0.107. The van der Waals surface area contributed by atoms with Gasteiger partial charge in [-0.3, -0.25) is 14.6 Å². The predicted octanol–water partition coefficient (Wildman–Crippen LogP) is -0.890. The van der Waals surface area contributed by atoms with E-state index in [9.17, 15) is 9.59 Å². The number of ether oxygens (including phenoxy) is 1. The first-order chi connectivity index (χ1) is 8.63. The average molecular weight is 252 g/mol. The molecule has 18 heavy (non-hydrogen) atoms. The fourth-order valence-electron chi connectivity index (χ4n) is 1.20. The normalized spacial score (nSPS) is 11.7. The van der Waals surface area contributed by atoms with Gasteiger partial charge in [0.2, 0.25) is 11.8 Å². The van der Waals surface area contributed by atoms with Crippen LogP contribution in [-0.4, -0.2) is 43.1 Å². The van der Waals surface area contributed by atoms with Crippen molar-refractivity contribution in [2.75, 3.05) is 25.6 Å². The maximum atomic E-state index is 11.5. The highest BCUT2D eigenvalue weighted by Crippen LogP contribution is 2.01. The molecule has 1 unspecified atom stereocenters. The number of hydrogen-bond acceptors (Lipinski definition) is 5. The summed E-state index contributed by atoms with van der Waals surface area (Å²) in [4.78, 5) is 26.7. The summed E-state index contributed by atoms with van der Waals surface area (Å²) in [5.41, 5.74) is 6.06. The SMILES string of the molecule is COCC(N)C(=O)NCC(=O)Nc1cccnc1. The van der Waals surface area contributed by atoms with Gasteiger partial charge in [0.1, 0.15) is 6.04 Å². The molecule has 0 spiro atoms. The Hall–Kier alpha value is -1.99. The Balaban J connectivity index is 2.31. The van der Waals surface area contributed by atoms with Gasteiger partial charge in [-0.25, -0.2) is 0 Å². The van der Waals surface area contributed by atoms with Crippen LogP contribution in [-0.2, 0) is 14.3 Å². The van der Waals surface area contributed by atoms with Gasteiger partial charge in [-0.1, -0.05) is 0 Å². The third kappa shape index (κ3) is 4.89. The lowest BCUT2D eigenvalue weighted by Crippen LogP contribution is -2.45. The van der Waals surface area contributed by atoms with Crippen molar-refractivity contribution in [2.24, 2.45) is 5.73 Å². The van der Waals surface area contributed by atoms with Gasteiger partial charge in [0.05, 0.1) is 25.0 Å². The third-order valence-electron chi connectivity index (χ3n) is 2.05. The van der Waals surface area contributed by atoms with Crippen molar-refractivity contribution in [2.45, 2.75) is 6.04 Å². The highest BCUT2D eigenvalue weighted by molar-refractivity contribution is 5.95. The molecule has 0 aliphatic carbocycles. The first kappa shape index (κ1) is 14.1. The predicted molar refractivity (Wildman–Crippen MR) is 65.7 cm³/mol. The Kier molecular flexibility index (Phi) is 5.75. The summed E-state index contributed by atoms with van der Waals surface area (Å²) >= 11 is 0. The maximum Gasteiger partial charge on any atom is 0.243 e. The lowest BCUT2D eigenvalue weighted by atomic mass is 10.3. The Bertz CT molecular complexity index is 397. The van der Waals surface area contributed by atoms with Crippen molar-refractivity contribution in [1.82, 2.24) is 10.3 Å². The zero-order valence-electron chi connectivity index (χ0n) is 10.1. The topological polar surface area (TPSA) is 106 Å². The maximum absolute atomic E-state index is 11.5. The Morgan fingerprint density at radius 3 is 2.94 bits per heavy atom. The van der Waals surface area contributed by atoms with Crippen LogP contribution in [0.4, 0.5) is 5.69 Å². The van der Waals surface area contributed by atoms with Crippen molar-refractivity contribution >= 4 is 17.5 Å². The third-order valence-corrected chi connectivity index (χ3v) is 2.05. The van der Waals surface area contributed by atoms with E-state index in [0.717, 1.165) is 0 Å². The summed E-state index contributed by atoms with van der Waals surface area (Å²) in [6, 6.07) is 2.62. The minimum Gasteiger partial charge on any atom is -0.383 e. The fraction of sp³-hybridized carbons (Fsp3) is 0.364. The number of aromatic nitrogens is 1. The largest absolute Gasteiger partial charge is 0.383 e. The molecule has 0 fully saturated rings. The van der Waals surface area contributed by atoms with Crippen molar-refractivity contribution in [3.05, 3.63) is 24.5 Å². The number of pyridine rings is 1. The number of nitrogens with two attached hydrogens (primary N) is 1. The number of carbonyl (C=O) groups is 2. The quantitative estimate of drug-likeness (QED) is 0.609. The van der Waals surface area contributed by atoms with Crippen LogP contribution in [0.5, 0.6) is 0 Å². The molecule has 7 nitrogen and oxygen atoms in total. The van der Waals surface area contributed by atoms with E-state index in [1.807, 2.05) is 0 Å². The molecule has 0 aliphatic rings. The smallest absolute Gasteiger partial charge is 0.243 e. The molecular weight excluding hydrogens is 236 g/mol. The molecule has 0 aliphatic heterocycles. The lowest BCUT2D eigenvalue weighted by molar-refractivity contribution is -0.126. The van der Waals surface area contributed by atoms with Gasteiger partial charge in [0, 0.05) is 13.3 Å². The van der Waals surface area contributed by atoms with Crippen molar-refractivity contribution in [1.29, 1.82) is 0 Å². The van der Waals surface area contributed by atoms with Crippen LogP contribution in [0.25, 0.3) is 0 Å². The first-order valence-corrected chi connectivity index (χ1v) is 5.35. The Labute approximate surface area is 105 Å². The second-order valence-corrected chi connectivity index (χ2v) is 3.57. The number of rotatable bonds is 6. The van der Waals surface area contributed by atoms with Gasteiger partial charge in [-0.15, -0.1) is 0 Å². The van der Waals surface area contributed by atoms with E-state index in [1.165, 1.54) is 13.3 Å². The van der Waals surface area contributed by atoms with Crippen molar-refractivity contribution in [3.8, 4) is 0 Å². The van der Waals surface area contributed by atoms with E-state index in [0.29, 0.717) is 5.69 Å². The zero-order valence-corrected chi connectivity index (χ0v) is 10.1. The number of hydrogen-bond donors (Lipinski definition) is 3. The van der Waals surface area contributed by atoms with Crippen LogP contribution in [0.1, 0.15) is 0 Å². The van der Waals surface area contributed by atoms with E-state index in [1.54, 1.807) is 18.3 Å². The molecule has 98 valence electrons. The van der Waals surface area contributed by atoms with Crippen molar-refractivity contribution < 1.29 is 14.3 Å². The van der Waals surface area contributed by atoms with E-state index in [2.05, 4.69) is 15.6 Å². The van der Waals surface area contributed by atoms with E-state index >= 15 is 0 Å². The molecule has 7 heteroatoms. The summed E-state index contributed by atoms with van der Waals surface area (Å²) in [6.07, 6.45) is 3.11. The summed E-state index contributed by atoms with van der Waals surface area (Å²) in [5.74, 6) is -0.779. The van der Waals surface area contributed by atoms with Gasteiger partial charge in [-0.2, -0.15) is 0 Å². The molecule has 0 radical (unpaired) electrons. The standard InChI is InChI=1S/C11H16N4O3/c1-18-7-9(12)11(17)14-6-10(16)15-8-3-2-4-13-5-8/h2-5,9H,6-7,12H2,1H3,(H,14,17)(H,15,16). The molecule has 0 saturated carbocycles. The van der Waals surface area contributed by atoms with Crippen LogP contribution in [0.2, 0.25) is 0 Å². The highest BCUT2D eigenvalue weighted by Gasteiger charge is 2.13. The summed E-state index contributed by atoms with van der Waals surface area (Å²) in [7, 11) is 1.45. The molecule has 2 amide bonds. The summed E-state index contributed by atoms with van der Waals surface area (Å²) in [5, 5.41) is 4.99. The number of anilines is 1. The first-order valence-electron chi connectivity index (χ1n) is 5.35. The monoisotopic (exact) mass is 252 g/mol. The molecule has 0 saturated heterocycles. The van der Waals surface area contributed by atoms with Crippen LogP contribution >= 0.6 is 0 Å². The zero-order chi connectivity index (χ0) is 13.4. The van der Waals surface area contributed by atoms with Gasteiger partial charge in [0.15, 0.2) is 0 Å². The number of methoxy groups -OCH3 is 1. The number of carbonyl (C=O) groups excluding carboxylic acids is 2. The molecule has 1 aromatic rings. The Morgan fingerprint density at radius 1 is 1.56 bits per heavy atom. The molecule has 4 N–H and O–H groups in total. The number of nitrogens with one attached hydrogen (secondary N) is 2. The van der Waals surface area contributed by atoms with Crippen LogP contribution < -0.4 is 16.4 Å². The van der Waals surface area contributed by atoms with Crippen LogP contribution in [0.3, 0.4) is 0 Å². The molecule has 0 bridgehead atoms. The van der Waals surface area contributed by atoms with Crippen molar-refractivity contribution in [3.63, 3.8) is 0 Å². The van der Waals surface area contributed by atoms with Gasteiger partial charge in [0.25, 0.3) is 0 Å². The van der Waals surface area contributed by atoms with Gasteiger partial charge in [-0.05, 0) is 12.1 Å². The molecule has 0 aromatic carbocycles. The molecule has 1 rings (SSSR count). The summed E-state index contributed by atoms with van der Waals surface area (Å²) in [6.45, 7) is -0.0405. The number of amides is 2. The average Bonchev–Trinajstić information content (AvgIpc) is 2.37. The van der Waals surface area contributed by atoms with E-state index in [4.69, 9.17) is 10.5 Å². The molecular formula is C11H16N4O3. The van der Waals surface area contributed by atoms with Gasteiger partial charge >= 0.3 is 0 Å².